The number of hydrogen-bond donors (Lipinski definition) is 1. The van der Waals surface area contributed by atoms with Crippen molar-refractivity contribution in [1.29, 1.82) is 0 Å². The number of nitro groups is 1. The van der Waals surface area contributed by atoms with Crippen molar-refractivity contribution in [3.05, 3.63) is 68.6 Å². The largest absolute Gasteiger partial charge is 0.486 e. The van der Waals surface area contributed by atoms with E-state index in [0.29, 0.717) is 16.6 Å². The highest BCUT2D eigenvalue weighted by Gasteiger charge is 2.14. The molecule has 2 aromatic heterocycles. The molecule has 0 saturated heterocycles. The molecule has 0 saturated carbocycles. The quantitative estimate of drug-likeness (QED) is 0.515. The maximum atomic E-state index is 12.2. The molecule has 9 heteroatoms. The van der Waals surface area contributed by atoms with E-state index in [4.69, 9.17) is 9.15 Å². The van der Waals surface area contributed by atoms with Crippen LogP contribution in [0.2, 0.25) is 0 Å². The van der Waals surface area contributed by atoms with Crippen LogP contribution in [0.15, 0.2) is 40.8 Å². The summed E-state index contributed by atoms with van der Waals surface area (Å²) in [5, 5.41) is 13.8. The Hall–Kier alpha value is -3.20. The van der Waals surface area contributed by atoms with Gasteiger partial charge in [-0.1, -0.05) is 0 Å². The molecular weight excluding hydrogens is 358 g/mol. The molecule has 3 rings (SSSR count). The second-order valence-electron chi connectivity index (χ2n) is 5.42. The topological polar surface area (TPSA) is 108 Å². The van der Waals surface area contributed by atoms with E-state index in [1.54, 1.807) is 12.1 Å². The maximum Gasteiger partial charge on any atom is 0.293 e. The zero-order valence-corrected chi connectivity index (χ0v) is 14.8. The molecule has 0 atom stereocenters. The molecule has 1 aromatic carbocycles. The second-order valence-corrected chi connectivity index (χ2v) is 6.62. The van der Waals surface area contributed by atoms with E-state index >= 15 is 0 Å². The molecular formula is C17H15N3O5S. The van der Waals surface area contributed by atoms with Crippen molar-refractivity contribution in [1.82, 2.24) is 4.98 Å². The first-order valence-corrected chi connectivity index (χ1v) is 8.45. The highest BCUT2D eigenvalue weighted by Crippen LogP contribution is 2.22. The average molecular weight is 373 g/mol. The number of aryl methyl sites for hydroxylation is 2. The molecule has 0 aliphatic rings. The van der Waals surface area contributed by atoms with Gasteiger partial charge in [0.2, 0.25) is 0 Å². The zero-order chi connectivity index (χ0) is 18.7. The summed E-state index contributed by atoms with van der Waals surface area (Å²) in [6.07, 6.45) is 0. The minimum atomic E-state index is -0.480. The Bertz CT molecular complexity index is 926. The van der Waals surface area contributed by atoms with Gasteiger partial charge in [-0.3, -0.25) is 20.2 Å². The number of nitrogens with one attached hydrogen (secondary N) is 1. The van der Waals surface area contributed by atoms with E-state index in [-0.39, 0.29) is 24.0 Å². The number of amides is 1. The van der Waals surface area contributed by atoms with E-state index < -0.39 is 4.92 Å². The lowest BCUT2D eigenvalue weighted by Gasteiger charge is -2.03. The van der Waals surface area contributed by atoms with Crippen LogP contribution in [0.25, 0.3) is 0 Å². The molecule has 0 unspecified atom stereocenters. The summed E-state index contributed by atoms with van der Waals surface area (Å²) in [5.41, 5.74) is 0.865. The van der Waals surface area contributed by atoms with E-state index in [1.165, 1.54) is 35.6 Å². The highest BCUT2D eigenvalue weighted by molar-refractivity contribution is 7.15. The van der Waals surface area contributed by atoms with Gasteiger partial charge in [0.1, 0.15) is 18.1 Å². The Labute approximate surface area is 152 Å². The fourth-order valence-corrected chi connectivity index (χ4v) is 2.89. The number of nitro benzene ring substituents is 1. The summed E-state index contributed by atoms with van der Waals surface area (Å²) in [7, 11) is 0. The first-order valence-electron chi connectivity index (χ1n) is 7.63. The summed E-state index contributed by atoms with van der Waals surface area (Å²) >= 11 is 1.40. The number of non-ortho nitro benzene ring substituents is 1. The predicted octanol–water partition coefficient (Wildman–Crippen LogP) is 4.09. The van der Waals surface area contributed by atoms with Crippen LogP contribution in [0.5, 0.6) is 5.75 Å². The molecule has 2 heterocycles. The lowest BCUT2D eigenvalue weighted by atomic mass is 10.3. The van der Waals surface area contributed by atoms with Gasteiger partial charge in [0.15, 0.2) is 10.9 Å². The zero-order valence-electron chi connectivity index (χ0n) is 14.0. The number of anilines is 1. The monoisotopic (exact) mass is 373 g/mol. The van der Waals surface area contributed by atoms with Crippen molar-refractivity contribution in [2.24, 2.45) is 0 Å². The number of carbonyl (C=O) groups is 1. The molecule has 1 amide bonds. The lowest BCUT2D eigenvalue weighted by Crippen LogP contribution is -2.10. The van der Waals surface area contributed by atoms with E-state index in [0.717, 1.165) is 10.6 Å². The third-order valence-corrected chi connectivity index (χ3v) is 4.55. The van der Waals surface area contributed by atoms with Gasteiger partial charge in [0.05, 0.1) is 10.6 Å². The fourth-order valence-electron chi connectivity index (χ4n) is 2.08. The number of hydrogen-bond acceptors (Lipinski definition) is 7. The van der Waals surface area contributed by atoms with Crippen molar-refractivity contribution < 1.29 is 18.9 Å². The van der Waals surface area contributed by atoms with Crippen LogP contribution < -0.4 is 10.1 Å². The van der Waals surface area contributed by atoms with Gasteiger partial charge < -0.3 is 9.15 Å². The van der Waals surface area contributed by atoms with Crippen LogP contribution in [-0.2, 0) is 6.61 Å². The number of nitrogens with zero attached hydrogens (tertiary/aromatic N) is 2. The van der Waals surface area contributed by atoms with Crippen LogP contribution in [0.1, 0.15) is 26.9 Å². The molecule has 1 N–H and O–H groups in total. The smallest absolute Gasteiger partial charge is 0.293 e. The Balaban J connectivity index is 1.58. The molecule has 0 fully saturated rings. The van der Waals surface area contributed by atoms with Crippen LogP contribution in [-0.4, -0.2) is 15.8 Å². The van der Waals surface area contributed by atoms with Crippen LogP contribution >= 0.6 is 11.3 Å². The minimum Gasteiger partial charge on any atom is -0.486 e. The van der Waals surface area contributed by atoms with Gasteiger partial charge in [0, 0.05) is 17.0 Å². The van der Waals surface area contributed by atoms with Crippen molar-refractivity contribution in [2.75, 3.05) is 5.32 Å². The standard InChI is InChI=1S/C17H15N3O5S/c1-10-11(2)26-17(18-10)19-16(21)15-8-7-14(25-15)9-24-13-5-3-12(4-6-13)20(22)23/h3-8H,9H2,1-2H3,(H,18,19,21). The molecule has 0 radical (unpaired) electrons. The number of furan rings is 1. The Morgan fingerprint density at radius 1 is 1.27 bits per heavy atom. The molecule has 0 aliphatic carbocycles. The van der Waals surface area contributed by atoms with Crippen molar-refractivity contribution in [2.45, 2.75) is 20.5 Å². The summed E-state index contributed by atoms with van der Waals surface area (Å²) < 4.78 is 11.0. The first kappa shape index (κ1) is 17.6. The average Bonchev–Trinajstić information content (AvgIpc) is 3.20. The van der Waals surface area contributed by atoms with Crippen LogP contribution in [0.4, 0.5) is 10.8 Å². The van der Waals surface area contributed by atoms with E-state index in [9.17, 15) is 14.9 Å². The van der Waals surface area contributed by atoms with Crippen molar-refractivity contribution in [3.8, 4) is 5.75 Å². The Kier molecular flexibility index (Phi) is 4.99. The fraction of sp³-hybridized carbons (Fsp3) is 0.176. The number of ether oxygens (including phenoxy) is 1. The van der Waals surface area contributed by atoms with E-state index in [1.807, 2.05) is 13.8 Å². The number of rotatable bonds is 6. The molecule has 3 aromatic rings. The maximum absolute atomic E-state index is 12.2. The summed E-state index contributed by atoms with van der Waals surface area (Å²) in [6, 6.07) is 8.90. The normalized spacial score (nSPS) is 10.5. The lowest BCUT2D eigenvalue weighted by molar-refractivity contribution is -0.384. The Morgan fingerprint density at radius 3 is 2.62 bits per heavy atom. The van der Waals surface area contributed by atoms with Gasteiger partial charge >= 0.3 is 0 Å². The minimum absolute atomic E-state index is 0.0121. The van der Waals surface area contributed by atoms with E-state index in [2.05, 4.69) is 10.3 Å². The number of thiazole rings is 1. The number of carbonyl (C=O) groups excluding carboxylic acids is 1. The van der Waals surface area contributed by atoms with Gasteiger partial charge in [0.25, 0.3) is 11.6 Å². The Morgan fingerprint density at radius 2 is 2.00 bits per heavy atom. The molecule has 134 valence electrons. The third kappa shape index (κ3) is 4.06. The van der Waals surface area contributed by atoms with Crippen LogP contribution in [0.3, 0.4) is 0 Å². The van der Waals surface area contributed by atoms with Gasteiger partial charge in [-0.05, 0) is 38.1 Å². The summed E-state index contributed by atoms with van der Waals surface area (Å²) in [4.78, 5) is 27.6. The number of benzene rings is 1. The summed E-state index contributed by atoms with van der Waals surface area (Å²) in [5.74, 6) is 0.685. The molecule has 0 spiro atoms. The molecule has 0 bridgehead atoms. The predicted molar refractivity (Wildman–Crippen MR) is 95.7 cm³/mol. The molecule has 0 aliphatic heterocycles. The second kappa shape index (κ2) is 7.36. The van der Waals surface area contributed by atoms with Gasteiger partial charge in [-0.2, -0.15) is 0 Å². The highest BCUT2D eigenvalue weighted by atomic mass is 32.1. The summed E-state index contributed by atoms with van der Waals surface area (Å²) in [6.45, 7) is 3.91. The van der Waals surface area contributed by atoms with Crippen LogP contribution in [0, 0.1) is 24.0 Å². The molecule has 26 heavy (non-hydrogen) atoms. The van der Waals surface area contributed by atoms with Crippen molar-refractivity contribution >= 4 is 28.1 Å². The van der Waals surface area contributed by atoms with Crippen molar-refractivity contribution in [3.63, 3.8) is 0 Å². The molecule has 8 nitrogen and oxygen atoms in total. The van der Waals surface area contributed by atoms with Gasteiger partial charge in [-0.15, -0.1) is 11.3 Å². The SMILES string of the molecule is Cc1nc(NC(=O)c2ccc(COc3ccc([N+](=O)[O-])cc3)o2)sc1C. The van der Waals surface area contributed by atoms with Gasteiger partial charge in [-0.25, -0.2) is 4.98 Å². The third-order valence-electron chi connectivity index (χ3n) is 3.56. The number of aromatic nitrogens is 1. The first-order chi connectivity index (χ1) is 12.4.